The lowest BCUT2D eigenvalue weighted by Crippen LogP contribution is -2.46. The number of aromatic nitrogens is 3. The van der Waals surface area contributed by atoms with Gasteiger partial charge in [-0.3, -0.25) is 4.57 Å². The maximum absolute atomic E-state index is 6.89. The minimum absolute atomic E-state index is 0.0405. The van der Waals surface area contributed by atoms with Crippen LogP contribution in [0, 0.1) is 16.7 Å². The number of allylic oxidation sites excluding steroid dienone is 4. The Morgan fingerprint density at radius 3 is 2.35 bits per heavy atom. The van der Waals surface area contributed by atoms with E-state index in [2.05, 4.69) is 66.7 Å². The molecule has 3 unspecified atom stereocenters. The highest BCUT2D eigenvalue weighted by Crippen LogP contribution is 2.55. The number of ether oxygens (including phenoxy) is 3. The standard InChI is InChI=1S/C30H41BClN3O3.C2H6/c1-18-14-37-30(7)22(15-36-24(18)30)38-26-34-25-21(35(26)8)13-20(32)23(33-25)29(6)11-9-19(10-12-29)31-16-27(2,3)28(4,5)17-31;1-2/h9-11,13,18,22,24H,12,14-17H2,1-8H3;1-2H3/t18?,22?,24-,29?,30-;/m1./s1. The summed E-state index contributed by atoms with van der Waals surface area (Å²) < 4.78 is 20.5. The number of pyridine rings is 1. The van der Waals surface area contributed by atoms with Crippen LogP contribution in [0.3, 0.4) is 0 Å². The zero-order valence-electron chi connectivity index (χ0n) is 26.1. The molecule has 0 N–H and O–H groups in total. The summed E-state index contributed by atoms with van der Waals surface area (Å²) in [7, 11) is 1.94. The normalized spacial score (nSPS) is 34.0. The molecule has 4 aliphatic rings. The van der Waals surface area contributed by atoms with Crippen LogP contribution in [0.1, 0.15) is 74.4 Å². The minimum atomic E-state index is -0.470. The van der Waals surface area contributed by atoms with Gasteiger partial charge in [-0.25, -0.2) is 4.98 Å². The molecule has 218 valence electrons. The van der Waals surface area contributed by atoms with Gasteiger partial charge in [-0.1, -0.05) is 103 Å². The van der Waals surface area contributed by atoms with Crippen molar-refractivity contribution in [2.75, 3.05) is 13.2 Å². The van der Waals surface area contributed by atoms with Crippen LogP contribution in [0.15, 0.2) is 29.8 Å². The quantitative estimate of drug-likeness (QED) is 0.359. The molecule has 5 atom stereocenters. The van der Waals surface area contributed by atoms with Crippen LogP contribution in [0.4, 0.5) is 0 Å². The predicted octanol–water partition coefficient (Wildman–Crippen LogP) is 7.46. The van der Waals surface area contributed by atoms with Crippen molar-refractivity contribution in [2.45, 2.75) is 105 Å². The molecule has 0 amide bonds. The average molecular weight is 568 g/mol. The van der Waals surface area contributed by atoms with E-state index in [9.17, 15) is 0 Å². The van der Waals surface area contributed by atoms with E-state index in [1.165, 1.54) is 18.1 Å². The monoisotopic (exact) mass is 567 g/mol. The third-order valence-electron chi connectivity index (χ3n) is 10.6. The second kappa shape index (κ2) is 10.2. The van der Waals surface area contributed by atoms with Crippen LogP contribution in [-0.4, -0.2) is 52.3 Å². The first-order valence-electron chi connectivity index (χ1n) is 15.1. The van der Waals surface area contributed by atoms with Crippen molar-refractivity contribution in [3.8, 4) is 6.01 Å². The van der Waals surface area contributed by atoms with Gasteiger partial charge in [0.15, 0.2) is 18.5 Å². The van der Waals surface area contributed by atoms with E-state index in [-0.39, 0.29) is 17.6 Å². The first-order chi connectivity index (χ1) is 18.7. The Morgan fingerprint density at radius 1 is 1.05 bits per heavy atom. The maximum atomic E-state index is 6.89. The summed E-state index contributed by atoms with van der Waals surface area (Å²) >= 11 is 6.89. The van der Waals surface area contributed by atoms with Crippen LogP contribution in [0.5, 0.6) is 6.01 Å². The van der Waals surface area contributed by atoms with E-state index in [1.807, 2.05) is 31.5 Å². The molecule has 6 rings (SSSR count). The van der Waals surface area contributed by atoms with E-state index in [0.717, 1.165) is 17.6 Å². The third kappa shape index (κ3) is 4.64. The van der Waals surface area contributed by atoms with E-state index in [1.54, 1.807) is 0 Å². The summed E-state index contributed by atoms with van der Waals surface area (Å²) in [6, 6.07) is 2.49. The highest BCUT2D eigenvalue weighted by molar-refractivity contribution is 6.68. The fourth-order valence-electron chi connectivity index (χ4n) is 7.18. The summed E-state index contributed by atoms with van der Waals surface area (Å²) in [6.07, 6.45) is 10.2. The number of hydrogen-bond donors (Lipinski definition) is 0. The zero-order valence-corrected chi connectivity index (χ0v) is 26.9. The molecule has 8 heteroatoms. The van der Waals surface area contributed by atoms with Crippen molar-refractivity contribution >= 4 is 29.5 Å². The Morgan fingerprint density at radius 2 is 1.73 bits per heavy atom. The van der Waals surface area contributed by atoms with Crippen LogP contribution in [0.2, 0.25) is 17.7 Å². The van der Waals surface area contributed by atoms with Crippen molar-refractivity contribution in [1.29, 1.82) is 0 Å². The van der Waals surface area contributed by atoms with Crippen molar-refractivity contribution in [1.82, 2.24) is 14.5 Å². The van der Waals surface area contributed by atoms with E-state index >= 15 is 0 Å². The lowest BCUT2D eigenvalue weighted by molar-refractivity contribution is -0.0559. The number of nitrogens with zero attached hydrogens (tertiary/aromatic N) is 3. The molecule has 0 saturated carbocycles. The Labute approximate surface area is 246 Å². The van der Waals surface area contributed by atoms with Crippen LogP contribution >= 0.6 is 11.6 Å². The van der Waals surface area contributed by atoms with Gasteiger partial charge in [0.2, 0.25) is 0 Å². The molecule has 2 aromatic heterocycles. The molecule has 1 aliphatic carbocycles. The fourth-order valence-corrected chi connectivity index (χ4v) is 7.54. The average Bonchev–Trinajstić information content (AvgIpc) is 3.55. The Hall–Kier alpha value is -1.83. The fraction of sp³-hybridized carbons (Fsp3) is 0.688. The Bertz CT molecular complexity index is 1330. The maximum Gasteiger partial charge on any atom is 0.299 e. The number of fused-ring (bicyclic) bond motifs is 2. The van der Waals surface area contributed by atoms with Gasteiger partial charge in [-0.05, 0) is 30.2 Å². The van der Waals surface area contributed by atoms with Gasteiger partial charge in [-0.2, -0.15) is 4.98 Å². The van der Waals surface area contributed by atoms with Gasteiger partial charge >= 0.3 is 0 Å². The molecule has 2 aromatic rings. The first kappa shape index (κ1) is 29.7. The molecule has 6 nitrogen and oxygen atoms in total. The third-order valence-corrected chi connectivity index (χ3v) is 10.9. The Kier molecular flexibility index (Phi) is 7.54. The summed E-state index contributed by atoms with van der Waals surface area (Å²) in [5.41, 5.74) is 3.74. The van der Waals surface area contributed by atoms with Gasteiger partial charge in [0.25, 0.3) is 6.01 Å². The highest BCUT2D eigenvalue weighted by Gasteiger charge is 2.57. The molecule has 0 radical (unpaired) electrons. The number of hydrogen-bond acceptors (Lipinski definition) is 5. The van der Waals surface area contributed by atoms with Gasteiger partial charge in [0.05, 0.1) is 35.6 Å². The molecule has 40 heavy (non-hydrogen) atoms. The smallest absolute Gasteiger partial charge is 0.299 e. The van der Waals surface area contributed by atoms with Crippen molar-refractivity contribution in [3.63, 3.8) is 0 Å². The van der Waals surface area contributed by atoms with E-state index in [4.69, 9.17) is 35.8 Å². The van der Waals surface area contributed by atoms with E-state index in [0.29, 0.717) is 53.4 Å². The molecule has 5 heterocycles. The van der Waals surface area contributed by atoms with Crippen LogP contribution in [0.25, 0.3) is 11.2 Å². The SMILES string of the molecule is CC.CC1CO[C@]2(C)C(Oc3nc4nc(C5(C)C=CC(B6CC(C)(C)C(C)(C)C6)=CC5)c(Cl)cc4n3C)CO[C@H]12. The molecule has 3 aliphatic heterocycles. The minimum Gasteiger partial charge on any atom is -0.456 e. The molecule has 0 aromatic carbocycles. The van der Waals surface area contributed by atoms with Gasteiger partial charge in [-0.15, -0.1) is 0 Å². The van der Waals surface area contributed by atoms with Crippen molar-refractivity contribution in [3.05, 3.63) is 40.5 Å². The van der Waals surface area contributed by atoms with Gasteiger partial charge in [0.1, 0.15) is 5.60 Å². The molecule has 3 fully saturated rings. The van der Waals surface area contributed by atoms with Crippen LogP contribution < -0.4 is 4.74 Å². The second-order valence-corrected chi connectivity index (χ2v) is 14.4. The first-order valence-corrected chi connectivity index (χ1v) is 15.5. The molecular formula is C32H47BClN3O3. The summed E-state index contributed by atoms with van der Waals surface area (Å²) in [5, 5.41) is 0.656. The van der Waals surface area contributed by atoms with Gasteiger partial charge in [0, 0.05) is 18.4 Å². The number of rotatable bonds is 4. The molecule has 0 bridgehead atoms. The zero-order chi connectivity index (χ0) is 29.3. The molecule has 0 spiro atoms. The van der Waals surface area contributed by atoms with E-state index < -0.39 is 5.60 Å². The summed E-state index contributed by atoms with van der Waals surface area (Å²) in [4.78, 5) is 9.80. The van der Waals surface area contributed by atoms with Crippen molar-refractivity contribution in [2.24, 2.45) is 23.8 Å². The molecular weight excluding hydrogens is 521 g/mol. The predicted molar refractivity (Wildman–Crippen MR) is 165 cm³/mol. The van der Waals surface area contributed by atoms with Gasteiger partial charge < -0.3 is 14.2 Å². The highest BCUT2D eigenvalue weighted by atomic mass is 35.5. The summed E-state index contributed by atoms with van der Waals surface area (Å²) in [6.45, 7) is 21.9. The molecule has 3 saturated heterocycles. The number of aryl methyl sites for hydroxylation is 1. The number of imidazole rings is 1. The number of halogens is 1. The Balaban J connectivity index is 0.00000158. The lowest BCUT2D eigenvalue weighted by atomic mass is 9.40. The lowest BCUT2D eigenvalue weighted by Gasteiger charge is -2.35. The second-order valence-electron chi connectivity index (χ2n) is 14.0. The summed E-state index contributed by atoms with van der Waals surface area (Å²) in [5.74, 6) is 0.350. The van der Waals surface area contributed by atoms with Crippen LogP contribution in [-0.2, 0) is 21.9 Å². The van der Waals surface area contributed by atoms with Crippen molar-refractivity contribution < 1.29 is 14.2 Å². The topological polar surface area (TPSA) is 58.4 Å². The largest absolute Gasteiger partial charge is 0.456 e.